The minimum absolute atomic E-state index is 0.400. The van der Waals surface area contributed by atoms with Gasteiger partial charge in [0.25, 0.3) is 0 Å². The zero-order valence-electron chi connectivity index (χ0n) is 24.1. The normalized spacial score (nSPS) is 28.9. The summed E-state index contributed by atoms with van der Waals surface area (Å²) in [6.07, 6.45) is -0.526. The van der Waals surface area contributed by atoms with E-state index in [1.165, 1.54) is 59.6 Å². The Labute approximate surface area is 223 Å². The van der Waals surface area contributed by atoms with Crippen LogP contribution in [0.25, 0.3) is 0 Å². The van der Waals surface area contributed by atoms with E-state index in [-0.39, 0.29) is 0 Å². The van der Waals surface area contributed by atoms with Crippen molar-refractivity contribution in [3.63, 3.8) is 0 Å². The Hall–Kier alpha value is 0.228. The first-order valence-electron chi connectivity index (χ1n) is 11.1. The standard InChI is InChI=1S/C9H23NO7Si2.C8H21NO7Si2/c1-9(11-2)8-18(13-4,14-5)19(15-6,16-7)10(12-3)17-9;1-10-8-7-17(12-3,13-4)18(14-5,15-6)9(11-2)16-8/h8H2,1-7H3;8H,7H2,1-6H3. The molecule has 0 N–H and O–H groups in total. The van der Waals surface area contributed by atoms with Gasteiger partial charge in [0.1, 0.15) is 0 Å². The van der Waals surface area contributed by atoms with Crippen LogP contribution in [-0.4, -0.2) is 140 Å². The largest absolute Gasteiger partial charge is 0.519 e. The molecule has 2 fully saturated rings. The van der Waals surface area contributed by atoms with E-state index in [1.807, 2.05) is 0 Å². The van der Waals surface area contributed by atoms with Gasteiger partial charge in [-0.1, -0.05) is 0 Å². The van der Waals surface area contributed by atoms with Crippen molar-refractivity contribution in [1.29, 1.82) is 0 Å². The topological polar surface area (TPSA) is 136 Å². The zero-order chi connectivity index (χ0) is 28.5. The first-order valence-corrected chi connectivity index (χ1v) is 20.6. The maximum Gasteiger partial charge on any atom is 0.519 e. The molecule has 2 aliphatic rings. The van der Waals surface area contributed by atoms with Crippen LogP contribution in [0.3, 0.4) is 0 Å². The summed E-state index contributed by atoms with van der Waals surface area (Å²) < 4.78 is 55.7. The van der Waals surface area contributed by atoms with Crippen LogP contribution < -0.4 is 0 Å². The lowest BCUT2D eigenvalue weighted by Crippen LogP contribution is -2.82. The SMILES string of the molecule is COC1C[Si](OC)(OC)[Si](OC)(OC)N(OC)O1.CON1OC(C)(OC)C[Si](OC)(OC)[Si]1(OC)OC. The second kappa shape index (κ2) is 14.7. The summed E-state index contributed by atoms with van der Waals surface area (Å²) in [5.41, 5.74) is 0. The predicted molar refractivity (Wildman–Crippen MR) is 135 cm³/mol. The molecule has 0 amide bonds. The van der Waals surface area contributed by atoms with Gasteiger partial charge in [0.05, 0.1) is 14.2 Å². The fourth-order valence-corrected chi connectivity index (χ4v) is 24.5. The maximum atomic E-state index is 5.70. The highest BCUT2D eigenvalue weighted by molar-refractivity contribution is 7.31. The van der Waals surface area contributed by atoms with Crippen LogP contribution in [-0.2, 0) is 64.2 Å². The van der Waals surface area contributed by atoms with Crippen molar-refractivity contribution >= 4 is 32.6 Å². The molecule has 37 heavy (non-hydrogen) atoms. The highest BCUT2D eigenvalue weighted by Gasteiger charge is 2.76. The van der Waals surface area contributed by atoms with Gasteiger partial charge in [0, 0.05) is 83.2 Å². The van der Waals surface area contributed by atoms with Gasteiger partial charge in [0.2, 0.25) is 0 Å². The average molecular weight is 613 g/mol. The Morgan fingerprint density at radius 1 is 0.622 bits per heavy atom. The maximum absolute atomic E-state index is 5.70. The molecule has 0 aromatic rings. The molecule has 20 heteroatoms. The summed E-state index contributed by atoms with van der Waals surface area (Å²) in [6.45, 7) is 1.78. The van der Waals surface area contributed by atoms with Gasteiger partial charge in [-0.25, -0.2) is 9.68 Å². The number of nitrogens with zero attached hydrogens (tertiary/aromatic N) is 2. The Balaban J connectivity index is 0.000000371. The number of hydrogen-bond donors (Lipinski definition) is 0. The molecule has 2 atom stereocenters. The molecule has 0 radical (unpaired) electrons. The van der Waals surface area contributed by atoms with E-state index >= 15 is 0 Å². The van der Waals surface area contributed by atoms with E-state index in [2.05, 4.69) is 0 Å². The molecule has 222 valence electrons. The van der Waals surface area contributed by atoms with Crippen LogP contribution in [0.1, 0.15) is 6.92 Å². The number of hydrogen-bond acceptors (Lipinski definition) is 16. The van der Waals surface area contributed by atoms with Gasteiger partial charge in [0.15, 0.2) is 12.1 Å². The molecule has 0 aliphatic carbocycles. The lowest BCUT2D eigenvalue weighted by molar-refractivity contribution is -0.411. The molecule has 0 aromatic carbocycles. The van der Waals surface area contributed by atoms with Crippen molar-refractivity contribution in [2.75, 3.05) is 85.3 Å². The molecular formula is C17H44N2O14Si4. The van der Waals surface area contributed by atoms with Gasteiger partial charge in [-0.15, -0.1) is 0 Å². The summed E-state index contributed by atoms with van der Waals surface area (Å²) in [7, 11) is 6.44. The molecule has 2 heterocycles. The molecule has 0 spiro atoms. The minimum atomic E-state index is -3.14. The van der Waals surface area contributed by atoms with Gasteiger partial charge in [-0.2, -0.15) is 0 Å². The Morgan fingerprint density at radius 2 is 1.05 bits per heavy atom. The summed E-state index contributed by atoms with van der Waals surface area (Å²) in [4.78, 5) is 24.1. The zero-order valence-corrected chi connectivity index (χ0v) is 28.1. The monoisotopic (exact) mass is 612 g/mol. The molecular weight excluding hydrogens is 569 g/mol. The van der Waals surface area contributed by atoms with Crippen LogP contribution in [0.15, 0.2) is 0 Å². The number of rotatable bonds is 12. The van der Waals surface area contributed by atoms with E-state index in [0.29, 0.717) is 12.1 Å². The molecule has 2 aliphatic heterocycles. The third-order valence-corrected chi connectivity index (χ3v) is 29.6. The van der Waals surface area contributed by atoms with Crippen molar-refractivity contribution in [1.82, 2.24) is 9.78 Å². The lowest BCUT2D eigenvalue weighted by atomic mass is 10.4. The quantitative estimate of drug-likeness (QED) is 0.274. The molecule has 2 saturated heterocycles. The van der Waals surface area contributed by atoms with Crippen LogP contribution in [0.2, 0.25) is 12.1 Å². The lowest BCUT2D eigenvalue weighted by Gasteiger charge is -2.51. The van der Waals surface area contributed by atoms with Crippen LogP contribution in [0.4, 0.5) is 0 Å². The highest BCUT2D eigenvalue weighted by Crippen LogP contribution is 2.41. The summed E-state index contributed by atoms with van der Waals surface area (Å²) >= 11 is 0. The molecule has 0 aromatic heterocycles. The third kappa shape index (κ3) is 6.13. The third-order valence-electron chi connectivity index (χ3n) is 6.37. The van der Waals surface area contributed by atoms with Gasteiger partial charge >= 0.3 is 32.6 Å². The van der Waals surface area contributed by atoms with Crippen LogP contribution in [0.5, 0.6) is 0 Å². The second-order valence-electron chi connectivity index (χ2n) is 7.76. The van der Waals surface area contributed by atoms with E-state index in [9.17, 15) is 0 Å². The summed E-state index contributed by atoms with van der Waals surface area (Å²) in [5, 5.41) is 0. The highest BCUT2D eigenvalue weighted by atomic mass is 29.3. The molecule has 0 bridgehead atoms. The van der Waals surface area contributed by atoms with Crippen LogP contribution >= 0.6 is 0 Å². The molecule has 0 saturated carbocycles. The first-order chi connectivity index (χ1) is 17.5. The van der Waals surface area contributed by atoms with E-state index in [1.54, 1.807) is 42.5 Å². The fraction of sp³-hybridized carbons (Fsp3) is 1.00. The van der Waals surface area contributed by atoms with Gasteiger partial charge < -0.3 is 44.9 Å². The summed E-state index contributed by atoms with van der Waals surface area (Å²) in [5.74, 6) is -0.929. The van der Waals surface area contributed by atoms with Crippen molar-refractivity contribution in [3.8, 4) is 0 Å². The summed E-state index contributed by atoms with van der Waals surface area (Å²) in [6, 6.07) is 0.835. The van der Waals surface area contributed by atoms with E-state index in [0.717, 1.165) is 0 Å². The number of methoxy groups -OCH3 is 2. The smallest absolute Gasteiger partial charge is 0.396 e. The Morgan fingerprint density at radius 3 is 1.38 bits per heavy atom. The van der Waals surface area contributed by atoms with E-state index < -0.39 is 44.7 Å². The van der Waals surface area contributed by atoms with E-state index in [4.69, 9.17) is 64.2 Å². The minimum Gasteiger partial charge on any atom is -0.396 e. The molecule has 16 nitrogen and oxygen atoms in total. The van der Waals surface area contributed by atoms with Gasteiger partial charge in [-0.3, -0.25) is 9.68 Å². The van der Waals surface area contributed by atoms with Crippen molar-refractivity contribution in [2.24, 2.45) is 0 Å². The molecule has 2 unspecified atom stereocenters. The average Bonchev–Trinajstić information content (AvgIpc) is 2.95. The van der Waals surface area contributed by atoms with Crippen LogP contribution in [0, 0.1) is 0 Å². The Kier molecular flexibility index (Phi) is 14.0. The Bertz CT molecular complexity index is 672. The predicted octanol–water partition coefficient (Wildman–Crippen LogP) is 0.0153. The fourth-order valence-electron chi connectivity index (χ4n) is 4.28. The van der Waals surface area contributed by atoms with Crippen molar-refractivity contribution in [2.45, 2.75) is 31.1 Å². The van der Waals surface area contributed by atoms with Crippen molar-refractivity contribution in [3.05, 3.63) is 0 Å². The van der Waals surface area contributed by atoms with Gasteiger partial charge in [-0.05, 0) is 16.7 Å². The number of ether oxygens (including phenoxy) is 2. The second-order valence-corrected chi connectivity index (χ2v) is 26.2. The molecule has 2 rings (SSSR count). The first kappa shape index (κ1) is 35.3. The van der Waals surface area contributed by atoms with Crippen molar-refractivity contribution < 1.29 is 64.2 Å².